The molecule has 0 unspecified atom stereocenters. The third-order valence-corrected chi connectivity index (χ3v) is 4.47. The SMILES string of the molecule is c1ccc2c(Sc3n[nH]c4ccccc34)cccc2c1. The lowest BCUT2D eigenvalue weighted by molar-refractivity contribution is 1.02. The fourth-order valence-electron chi connectivity index (χ4n) is 2.40. The minimum absolute atomic E-state index is 1.02. The number of aromatic nitrogens is 2. The van der Waals surface area contributed by atoms with E-state index in [-0.39, 0.29) is 0 Å². The first kappa shape index (κ1) is 11.6. The molecular formula is C17H12N2S. The number of fused-ring (bicyclic) bond motifs is 2. The molecule has 4 rings (SSSR count). The quantitative estimate of drug-likeness (QED) is 0.566. The van der Waals surface area contributed by atoms with Crippen molar-refractivity contribution in [3.05, 3.63) is 66.7 Å². The van der Waals surface area contributed by atoms with Crippen LogP contribution in [0.25, 0.3) is 21.7 Å². The van der Waals surface area contributed by atoms with Gasteiger partial charge in [0.25, 0.3) is 0 Å². The van der Waals surface area contributed by atoms with Gasteiger partial charge in [-0.15, -0.1) is 0 Å². The Bertz CT molecular complexity index is 890. The van der Waals surface area contributed by atoms with Gasteiger partial charge in [0.05, 0.1) is 5.52 Å². The van der Waals surface area contributed by atoms with Crippen LogP contribution in [0.2, 0.25) is 0 Å². The van der Waals surface area contributed by atoms with Gasteiger partial charge in [-0.1, -0.05) is 66.4 Å². The molecule has 20 heavy (non-hydrogen) atoms. The normalized spacial score (nSPS) is 11.2. The number of para-hydroxylation sites is 1. The summed E-state index contributed by atoms with van der Waals surface area (Å²) < 4.78 is 0. The molecule has 0 bridgehead atoms. The number of hydrogen-bond donors (Lipinski definition) is 1. The van der Waals surface area contributed by atoms with Crippen molar-refractivity contribution in [2.24, 2.45) is 0 Å². The number of H-pyrrole nitrogens is 1. The van der Waals surface area contributed by atoms with E-state index >= 15 is 0 Å². The Morgan fingerprint density at radius 1 is 0.750 bits per heavy atom. The Morgan fingerprint density at radius 3 is 2.45 bits per heavy atom. The number of hydrogen-bond acceptors (Lipinski definition) is 2. The van der Waals surface area contributed by atoms with Crippen molar-refractivity contribution < 1.29 is 0 Å². The van der Waals surface area contributed by atoms with Gasteiger partial charge in [0.1, 0.15) is 5.03 Å². The lowest BCUT2D eigenvalue weighted by atomic mass is 10.1. The number of nitrogens with zero attached hydrogens (tertiary/aromatic N) is 1. The van der Waals surface area contributed by atoms with E-state index in [1.54, 1.807) is 11.8 Å². The van der Waals surface area contributed by atoms with Crippen molar-refractivity contribution in [3.63, 3.8) is 0 Å². The van der Waals surface area contributed by atoms with Crippen molar-refractivity contribution in [2.45, 2.75) is 9.92 Å². The molecule has 0 amide bonds. The molecule has 0 fully saturated rings. The minimum Gasteiger partial charge on any atom is -0.277 e. The third kappa shape index (κ3) is 1.87. The zero-order chi connectivity index (χ0) is 13.4. The maximum absolute atomic E-state index is 4.44. The van der Waals surface area contributed by atoms with Crippen molar-refractivity contribution in [1.29, 1.82) is 0 Å². The van der Waals surface area contributed by atoms with Gasteiger partial charge in [-0.2, -0.15) is 5.10 Å². The van der Waals surface area contributed by atoms with E-state index < -0.39 is 0 Å². The van der Waals surface area contributed by atoms with Crippen LogP contribution in [0.4, 0.5) is 0 Å². The Kier molecular flexibility index (Phi) is 2.71. The standard InChI is InChI=1S/C17H12N2S/c1-2-8-13-12(6-1)7-5-11-16(13)20-17-14-9-3-4-10-15(14)18-19-17/h1-11H,(H,18,19). The fraction of sp³-hybridized carbons (Fsp3) is 0. The van der Waals surface area contributed by atoms with Crippen LogP contribution in [0.5, 0.6) is 0 Å². The van der Waals surface area contributed by atoms with E-state index in [2.05, 4.69) is 64.8 Å². The lowest BCUT2D eigenvalue weighted by Crippen LogP contribution is -1.78. The molecule has 0 radical (unpaired) electrons. The number of rotatable bonds is 2. The Hall–Kier alpha value is -2.26. The maximum atomic E-state index is 4.44. The van der Waals surface area contributed by atoms with Crippen LogP contribution >= 0.6 is 11.8 Å². The first-order chi connectivity index (χ1) is 9.92. The smallest absolute Gasteiger partial charge is 0.131 e. The molecule has 2 nitrogen and oxygen atoms in total. The molecular weight excluding hydrogens is 264 g/mol. The molecule has 3 aromatic carbocycles. The predicted molar refractivity (Wildman–Crippen MR) is 84.2 cm³/mol. The molecule has 3 heteroatoms. The summed E-state index contributed by atoms with van der Waals surface area (Å²) in [7, 11) is 0. The summed E-state index contributed by atoms with van der Waals surface area (Å²) >= 11 is 1.71. The van der Waals surface area contributed by atoms with Crippen LogP contribution in [-0.4, -0.2) is 10.2 Å². The first-order valence-corrected chi connectivity index (χ1v) is 7.32. The number of aromatic amines is 1. The molecule has 1 N–H and O–H groups in total. The molecule has 4 aromatic rings. The van der Waals surface area contributed by atoms with Crippen molar-refractivity contribution in [3.8, 4) is 0 Å². The molecule has 0 aliphatic heterocycles. The highest BCUT2D eigenvalue weighted by molar-refractivity contribution is 7.99. The van der Waals surface area contributed by atoms with Crippen LogP contribution in [0.1, 0.15) is 0 Å². The first-order valence-electron chi connectivity index (χ1n) is 6.50. The van der Waals surface area contributed by atoms with Crippen LogP contribution in [0.3, 0.4) is 0 Å². The molecule has 0 saturated heterocycles. The highest BCUT2D eigenvalue weighted by Gasteiger charge is 2.08. The molecule has 0 saturated carbocycles. The van der Waals surface area contributed by atoms with E-state index in [9.17, 15) is 0 Å². The largest absolute Gasteiger partial charge is 0.277 e. The van der Waals surface area contributed by atoms with Gasteiger partial charge in [-0.05, 0) is 22.9 Å². The van der Waals surface area contributed by atoms with Gasteiger partial charge in [0.15, 0.2) is 0 Å². The predicted octanol–water partition coefficient (Wildman–Crippen LogP) is 4.87. The highest BCUT2D eigenvalue weighted by atomic mass is 32.2. The Morgan fingerprint density at radius 2 is 1.50 bits per heavy atom. The summed E-state index contributed by atoms with van der Waals surface area (Å²) in [5.74, 6) is 0. The van der Waals surface area contributed by atoms with Crippen LogP contribution in [-0.2, 0) is 0 Å². The summed E-state index contributed by atoms with van der Waals surface area (Å²) in [6, 6.07) is 23.1. The molecule has 0 aliphatic carbocycles. The van der Waals surface area contributed by atoms with Crippen LogP contribution in [0.15, 0.2) is 76.7 Å². The molecule has 0 aliphatic rings. The topological polar surface area (TPSA) is 28.7 Å². The molecule has 0 atom stereocenters. The van der Waals surface area contributed by atoms with E-state index in [0.29, 0.717) is 0 Å². The minimum atomic E-state index is 1.02. The second kappa shape index (κ2) is 4.69. The van der Waals surface area contributed by atoms with Crippen LogP contribution in [0, 0.1) is 0 Å². The van der Waals surface area contributed by atoms with Gasteiger partial charge in [0, 0.05) is 10.3 Å². The van der Waals surface area contributed by atoms with Crippen molar-refractivity contribution >= 4 is 33.4 Å². The lowest BCUT2D eigenvalue weighted by Gasteiger charge is -2.04. The fourth-order valence-corrected chi connectivity index (χ4v) is 3.43. The van der Waals surface area contributed by atoms with Gasteiger partial charge in [0.2, 0.25) is 0 Å². The third-order valence-electron chi connectivity index (χ3n) is 3.39. The number of nitrogens with one attached hydrogen (secondary N) is 1. The van der Waals surface area contributed by atoms with Gasteiger partial charge >= 0.3 is 0 Å². The molecule has 1 heterocycles. The summed E-state index contributed by atoms with van der Waals surface area (Å²) in [6.45, 7) is 0. The molecule has 0 spiro atoms. The Balaban J connectivity index is 1.85. The zero-order valence-electron chi connectivity index (χ0n) is 10.7. The van der Waals surface area contributed by atoms with Gasteiger partial charge < -0.3 is 0 Å². The molecule has 96 valence electrons. The summed E-state index contributed by atoms with van der Waals surface area (Å²) in [4.78, 5) is 1.24. The zero-order valence-corrected chi connectivity index (χ0v) is 11.5. The average Bonchev–Trinajstić information content (AvgIpc) is 2.91. The second-order valence-corrected chi connectivity index (χ2v) is 5.68. The summed E-state index contributed by atoms with van der Waals surface area (Å²) in [5.41, 5.74) is 1.08. The summed E-state index contributed by atoms with van der Waals surface area (Å²) in [6.07, 6.45) is 0. The van der Waals surface area contributed by atoms with E-state index in [4.69, 9.17) is 0 Å². The monoisotopic (exact) mass is 276 g/mol. The maximum Gasteiger partial charge on any atom is 0.131 e. The van der Waals surface area contributed by atoms with E-state index in [1.807, 2.05) is 12.1 Å². The average molecular weight is 276 g/mol. The van der Waals surface area contributed by atoms with Crippen LogP contribution < -0.4 is 0 Å². The van der Waals surface area contributed by atoms with E-state index in [0.717, 1.165) is 10.5 Å². The summed E-state index contributed by atoms with van der Waals surface area (Å²) in [5, 5.41) is 12.2. The number of benzene rings is 3. The second-order valence-electron chi connectivity index (χ2n) is 4.65. The van der Waals surface area contributed by atoms with Crippen molar-refractivity contribution in [2.75, 3.05) is 0 Å². The Labute approximate surface area is 120 Å². The van der Waals surface area contributed by atoms with Gasteiger partial charge in [-0.25, -0.2) is 0 Å². The molecule has 1 aromatic heterocycles. The van der Waals surface area contributed by atoms with Crippen molar-refractivity contribution in [1.82, 2.24) is 10.2 Å². The van der Waals surface area contributed by atoms with Gasteiger partial charge in [-0.3, -0.25) is 5.10 Å². The highest BCUT2D eigenvalue weighted by Crippen LogP contribution is 2.35. The van der Waals surface area contributed by atoms with E-state index in [1.165, 1.54) is 21.1 Å².